The summed E-state index contributed by atoms with van der Waals surface area (Å²) in [5, 5.41) is 6.24. The summed E-state index contributed by atoms with van der Waals surface area (Å²) in [6, 6.07) is 14.6. The fourth-order valence-corrected chi connectivity index (χ4v) is 5.24. The fraction of sp³-hybridized carbons (Fsp3) is 0.174. The van der Waals surface area contributed by atoms with E-state index in [1.165, 1.54) is 24.0 Å². The first-order valence-electron chi connectivity index (χ1n) is 9.97. The summed E-state index contributed by atoms with van der Waals surface area (Å²) in [5.41, 5.74) is 4.06. The fourth-order valence-electron chi connectivity index (χ4n) is 3.33. The Morgan fingerprint density at radius 2 is 1.69 bits per heavy atom. The second kappa shape index (κ2) is 8.68. The molecule has 0 aliphatic carbocycles. The van der Waals surface area contributed by atoms with Crippen LogP contribution in [0.1, 0.15) is 32.3 Å². The number of nitrogens with one attached hydrogen (secondary N) is 2. The molecule has 2 aromatic heterocycles. The van der Waals surface area contributed by atoms with Crippen LogP contribution in [0.25, 0.3) is 21.3 Å². The van der Waals surface area contributed by atoms with Crippen molar-refractivity contribution in [3.63, 3.8) is 0 Å². The number of aromatic nitrogens is 2. The van der Waals surface area contributed by atoms with Crippen LogP contribution < -0.4 is 10.0 Å². The molecule has 0 spiro atoms. The van der Waals surface area contributed by atoms with Gasteiger partial charge in [0.1, 0.15) is 17.0 Å². The maximum absolute atomic E-state index is 12.1. The molecule has 0 fully saturated rings. The largest absolute Gasteiger partial charge is 0.340 e. The lowest BCUT2D eigenvalue weighted by Gasteiger charge is -2.10. The van der Waals surface area contributed by atoms with E-state index >= 15 is 0 Å². The topological polar surface area (TPSA) is 101 Å². The average Bonchev–Trinajstić information content (AvgIpc) is 3.18. The molecule has 32 heavy (non-hydrogen) atoms. The van der Waals surface area contributed by atoms with E-state index in [0.717, 1.165) is 28.3 Å². The van der Waals surface area contributed by atoms with Crippen LogP contribution in [0.4, 0.5) is 11.5 Å². The Morgan fingerprint density at radius 3 is 2.31 bits per heavy atom. The number of fused-ring (bicyclic) bond motifs is 1. The molecule has 0 aliphatic rings. The highest BCUT2D eigenvalue weighted by Gasteiger charge is 2.16. The molecule has 4 aromatic rings. The zero-order valence-corrected chi connectivity index (χ0v) is 19.4. The van der Waals surface area contributed by atoms with Crippen molar-refractivity contribution in [1.29, 1.82) is 0 Å². The smallest absolute Gasteiger partial charge is 0.264 e. The van der Waals surface area contributed by atoms with Gasteiger partial charge in [0.15, 0.2) is 0 Å². The highest BCUT2D eigenvalue weighted by atomic mass is 32.2. The minimum atomic E-state index is -3.88. The summed E-state index contributed by atoms with van der Waals surface area (Å²) in [4.78, 5) is 20.8. The van der Waals surface area contributed by atoms with Crippen LogP contribution in [-0.4, -0.2) is 24.3 Å². The molecule has 4 rings (SSSR count). The third-order valence-corrected chi connectivity index (χ3v) is 7.30. The number of rotatable bonds is 6. The number of amides is 1. The lowest BCUT2D eigenvalue weighted by atomic mass is 9.99. The van der Waals surface area contributed by atoms with Gasteiger partial charge in [-0.1, -0.05) is 38.1 Å². The van der Waals surface area contributed by atoms with Gasteiger partial charge in [-0.25, -0.2) is 23.1 Å². The number of hydrogen-bond acceptors (Lipinski definition) is 7. The first-order valence-corrected chi connectivity index (χ1v) is 12.3. The van der Waals surface area contributed by atoms with Crippen molar-refractivity contribution in [2.75, 3.05) is 5.32 Å². The lowest BCUT2D eigenvalue weighted by molar-refractivity contribution is -0.117. The second-order valence-electron chi connectivity index (χ2n) is 7.64. The molecular formula is C23H22N4O3S2. The van der Waals surface area contributed by atoms with Crippen LogP contribution in [0, 0.1) is 0 Å². The van der Waals surface area contributed by atoms with Crippen molar-refractivity contribution < 1.29 is 13.2 Å². The molecular weight excluding hydrogens is 444 g/mol. The van der Waals surface area contributed by atoms with Gasteiger partial charge in [-0.05, 0) is 41.3 Å². The predicted octanol–water partition coefficient (Wildman–Crippen LogP) is 5.05. The molecule has 7 nitrogen and oxygen atoms in total. The molecule has 2 heterocycles. The van der Waals surface area contributed by atoms with Gasteiger partial charge in [-0.2, -0.15) is 0 Å². The molecule has 0 bridgehead atoms. The molecule has 0 aliphatic heterocycles. The van der Waals surface area contributed by atoms with Crippen LogP contribution in [0.15, 0.2) is 65.1 Å². The Morgan fingerprint density at radius 1 is 1.00 bits per heavy atom. The number of sulfonamides is 1. The van der Waals surface area contributed by atoms with Crippen molar-refractivity contribution in [1.82, 2.24) is 14.7 Å². The van der Waals surface area contributed by atoms with Gasteiger partial charge in [0.25, 0.3) is 10.0 Å². The highest BCUT2D eigenvalue weighted by Crippen LogP contribution is 2.37. The van der Waals surface area contributed by atoms with Gasteiger partial charge in [-0.15, -0.1) is 11.3 Å². The third-order valence-electron chi connectivity index (χ3n) is 4.96. The summed E-state index contributed by atoms with van der Waals surface area (Å²) in [6.07, 6.45) is 1.50. The van der Waals surface area contributed by atoms with E-state index in [1.807, 2.05) is 4.72 Å². The van der Waals surface area contributed by atoms with Gasteiger partial charge in [0.05, 0.1) is 10.3 Å². The number of carbonyl (C=O) groups is 1. The van der Waals surface area contributed by atoms with E-state index in [0.29, 0.717) is 17.4 Å². The van der Waals surface area contributed by atoms with Crippen LogP contribution in [0.3, 0.4) is 0 Å². The molecule has 0 saturated heterocycles. The Hall–Kier alpha value is -3.30. The molecule has 0 atom stereocenters. The highest BCUT2D eigenvalue weighted by molar-refractivity contribution is 7.90. The monoisotopic (exact) mass is 466 g/mol. The Balaban J connectivity index is 1.67. The van der Waals surface area contributed by atoms with E-state index in [4.69, 9.17) is 0 Å². The van der Waals surface area contributed by atoms with Crippen LogP contribution in [-0.2, 0) is 14.8 Å². The van der Waals surface area contributed by atoms with Crippen LogP contribution in [0.5, 0.6) is 0 Å². The maximum Gasteiger partial charge on any atom is 0.264 e. The summed E-state index contributed by atoms with van der Waals surface area (Å²) in [7, 11) is -3.88. The van der Waals surface area contributed by atoms with Crippen molar-refractivity contribution in [2.24, 2.45) is 0 Å². The molecule has 0 radical (unpaired) electrons. The van der Waals surface area contributed by atoms with Crippen molar-refractivity contribution in [3.05, 3.63) is 65.8 Å². The predicted molar refractivity (Wildman–Crippen MR) is 128 cm³/mol. The first kappa shape index (κ1) is 21.9. The quantitative estimate of drug-likeness (QED) is 0.412. The minimum absolute atomic E-state index is 0.00699. The van der Waals surface area contributed by atoms with Gasteiger partial charge in [-0.3, -0.25) is 4.79 Å². The number of anilines is 2. The molecule has 2 aromatic carbocycles. The van der Waals surface area contributed by atoms with Crippen LogP contribution in [0.2, 0.25) is 0 Å². The minimum Gasteiger partial charge on any atom is -0.340 e. The van der Waals surface area contributed by atoms with Crippen LogP contribution >= 0.6 is 11.3 Å². The Labute approximate surface area is 190 Å². The van der Waals surface area contributed by atoms with Gasteiger partial charge in [0.2, 0.25) is 5.91 Å². The van der Waals surface area contributed by atoms with Crippen molar-refractivity contribution in [2.45, 2.75) is 31.6 Å². The summed E-state index contributed by atoms with van der Waals surface area (Å²) < 4.78 is 26.3. The lowest BCUT2D eigenvalue weighted by Crippen LogP contribution is -2.28. The summed E-state index contributed by atoms with van der Waals surface area (Å²) in [5.74, 6) is 0.458. The zero-order chi connectivity index (χ0) is 22.9. The molecule has 164 valence electrons. The second-order valence-corrected chi connectivity index (χ2v) is 10.2. The maximum atomic E-state index is 12.1. The normalized spacial score (nSPS) is 11.6. The van der Waals surface area contributed by atoms with Gasteiger partial charge in [0, 0.05) is 23.6 Å². The number of thiophene rings is 1. The van der Waals surface area contributed by atoms with Crippen molar-refractivity contribution in [3.8, 4) is 11.1 Å². The van der Waals surface area contributed by atoms with E-state index < -0.39 is 15.9 Å². The Bertz CT molecular complexity index is 1380. The van der Waals surface area contributed by atoms with Crippen molar-refractivity contribution >= 4 is 49.0 Å². The van der Waals surface area contributed by atoms with E-state index in [-0.39, 0.29) is 4.90 Å². The standard InChI is InChI=1S/C23H22N4O3S2/c1-14(2)16-4-6-17(7-5-16)20-12-31-23-21(20)22(24-13-25-23)26-18-8-10-19(11-9-18)32(29,30)27-15(3)28/h4-14H,1-3H3,(H,27,28)(H,24,25,26). The third kappa shape index (κ3) is 4.49. The molecule has 0 saturated carbocycles. The number of carbonyl (C=O) groups excluding carboxylic acids is 1. The summed E-state index contributed by atoms with van der Waals surface area (Å²) in [6.45, 7) is 5.48. The van der Waals surface area contributed by atoms with E-state index in [1.54, 1.807) is 23.5 Å². The molecule has 1 amide bonds. The first-order chi connectivity index (χ1) is 15.2. The summed E-state index contributed by atoms with van der Waals surface area (Å²) >= 11 is 1.54. The average molecular weight is 467 g/mol. The van der Waals surface area contributed by atoms with E-state index in [9.17, 15) is 13.2 Å². The zero-order valence-electron chi connectivity index (χ0n) is 17.8. The Kier molecular flexibility index (Phi) is 5.94. The van der Waals surface area contributed by atoms with E-state index in [2.05, 4.69) is 58.8 Å². The number of benzene rings is 2. The molecule has 2 N–H and O–H groups in total. The molecule has 9 heteroatoms. The number of hydrogen-bond donors (Lipinski definition) is 2. The molecule has 0 unspecified atom stereocenters. The van der Waals surface area contributed by atoms with Gasteiger partial charge >= 0.3 is 0 Å². The SMILES string of the molecule is CC(=O)NS(=O)(=O)c1ccc(Nc2ncnc3scc(-c4ccc(C(C)C)cc4)c23)cc1. The number of nitrogens with zero attached hydrogens (tertiary/aromatic N) is 2. The van der Waals surface area contributed by atoms with Gasteiger partial charge < -0.3 is 5.32 Å².